The van der Waals surface area contributed by atoms with E-state index in [0.29, 0.717) is 13.0 Å². The van der Waals surface area contributed by atoms with Crippen molar-refractivity contribution in [2.24, 2.45) is 0 Å². The Bertz CT molecular complexity index is 381. The van der Waals surface area contributed by atoms with E-state index < -0.39 is 5.60 Å². The van der Waals surface area contributed by atoms with Gasteiger partial charge >= 0.3 is 0 Å². The van der Waals surface area contributed by atoms with E-state index in [4.69, 9.17) is 0 Å². The molecule has 0 atom stereocenters. The first kappa shape index (κ1) is 14.5. The standard InChI is InChI=1S/C15H23NO2S/c17-14(6-5-13-7-10-19-11-13)16-12-15(18)8-3-1-2-4-9-15/h7,10-11,18H,1-6,8-9,12H2,(H,16,17). The van der Waals surface area contributed by atoms with Gasteiger partial charge in [-0.3, -0.25) is 4.79 Å². The molecule has 0 aromatic carbocycles. The predicted octanol–water partition coefficient (Wildman–Crippen LogP) is 2.88. The van der Waals surface area contributed by atoms with Crippen LogP contribution in [0, 0.1) is 0 Å². The summed E-state index contributed by atoms with van der Waals surface area (Å²) in [4.78, 5) is 11.8. The Morgan fingerprint density at radius 3 is 2.68 bits per heavy atom. The van der Waals surface area contributed by atoms with Crippen LogP contribution in [0.1, 0.15) is 50.5 Å². The average molecular weight is 281 g/mol. The molecule has 1 heterocycles. The van der Waals surface area contributed by atoms with Crippen LogP contribution in [0.5, 0.6) is 0 Å². The van der Waals surface area contributed by atoms with Gasteiger partial charge in [-0.2, -0.15) is 11.3 Å². The van der Waals surface area contributed by atoms with Crippen LogP contribution in [0.25, 0.3) is 0 Å². The highest BCUT2D eigenvalue weighted by Gasteiger charge is 2.28. The van der Waals surface area contributed by atoms with Crippen LogP contribution in [-0.2, 0) is 11.2 Å². The summed E-state index contributed by atoms with van der Waals surface area (Å²) < 4.78 is 0. The molecule has 0 radical (unpaired) electrons. The molecule has 1 amide bonds. The van der Waals surface area contributed by atoms with E-state index in [0.717, 1.165) is 32.1 Å². The number of hydrogen-bond acceptors (Lipinski definition) is 3. The lowest BCUT2D eigenvalue weighted by Crippen LogP contribution is -2.42. The monoisotopic (exact) mass is 281 g/mol. The lowest BCUT2D eigenvalue weighted by molar-refractivity contribution is -0.122. The molecule has 2 N–H and O–H groups in total. The molecule has 1 aromatic rings. The minimum absolute atomic E-state index is 0.0453. The van der Waals surface area contributed by atoms with E-state index in [1.165, 1.54) is 18.4 Å². The number of amides is 1. The van der Waals surface area contributed by atoms with Crippen molar-refractivity contribution in [1.82, 2.24) is 5.32 Å². The minimum atomic E-state index is -0.672. The van der Waals surface area contributed by atoms with Crippen LogP contribution in [0.4, 0.5) is 0 Å². The van der Waals surface area contributed by atoms with Crippen LogP contribution in [-0.4, -0.2) is 23.2 Å². The molecule has 0 aliphatic heterocycles. The SMILES string of the molecule is O=C(CCc1ccsc1)NCC1(O)CCCCCC1. The topological polar surface area (TPSA) is 49.3 Å². The third kappa shape index (κ3) is 4.96. The summed E-state index contributed by atoms with van der Waals surface area (Å²) in [5, 5.41) is 17.4. The summed E-state index contributed by atoms with van der Waals surface area (Å²) in [6, 6.07) is 2.05. The lowest BCUT2D eigenvalue weighted by atomic mass is 9.94. The summed E-state index contributed by atoms with van der Waals surface area (Å²) in [5.74, 6) is 0.0453. The van der Waals surface area contributed by atoms with Gasteiger partial charge in [-0.05, 0) is 41.7 Å². The van der Waals surface area contributed by atoms with Gasteiger partial charge in [0.25, 0.3) is 0 Å². The normalized spacial score (nSPS) is 18.8. The van der Waals surface area contributed by atoms with Crippen LogP contribution in [0.2, 0.25) is 0 Å². The summed E-state index contributed by atoms with van der Waals surface area (Å²) in [7, 11) is 0. The first-order valence-corrected chi connectivity index (χ1v) is 8.12. The van der Waals surface area contributed by atoms with Gasteiger partial charge in [-0.25, -0.2) is 0 Å². The van der Waals surface area contributed by atoms with Crippen molar-refractivity contribution in [3.63, 3.8) is 0 Å². The first-order valence-electron chi connectivity index (χ1n) is 7.18. The van der Waals surface area contributed by atoms with Crippen molar-refractivity contribution in [1.29, 1.82) is 0 Å². The predicted molar refractivity (Wildman–Crippen MR) is 78.3 cm³/mol. The highest BCUT2D eigenvalue weighted by Crippen LogP contribution is 2.26. The summed E-state index contributed by atoms with van der Waals surface area (Å²) in [6.45, 7) is 0.412. The second-order valence-electron chi connectivity index (χ2n) is 5.55. The lowest BCUT2D eigenvalue weighted by Gasteiger charge is -2.26. The highest BCUT2D eigenvalue weighted by molar-refractivity contribution is 7.07. The third-order valence-corrected chi connectivity index (χ3v) is 4.60. The molecular weight excluding hydrogens is 258 g/mol. The summed E-state index contributed by atoms with van der Waals surface area (Å²) in [5.41, 5.74) is 0.544. The van der Waals surface area contributed by atoms with Crippen molar-refractivity contribution in [3.8, 4) is 0 Å². The van der Waals surface area contributed by atoms with Gasteiger partial charge in [0.2, 0.25) is 5.91 Å². The van der Waals surface area contributed by atoms with E-state index in [-0.39, 0.29) is 5.91 Å². The second-order valence-corrected chi connectivity index (χ2v) is 6.33. The molecule has 0 unspecified atom stereocenters. The van der Waals surface area contributed by atoms with Gasteiger partial charge in [0.1, 0.15) is 0 Å². The maximum Gasteiger partial charge on any atom is 0.220 e. The van der Waals surface area contributed by atoms with E-state index in [9.17, 15) is 9.90 Å². The van der Waals surface area contributed by atoms with Crippen molar-refractivity contribution in [2.45, 2.75) is 57.0 Å². The van der Waals surface area contributed by atoms with Gasteiger partial charge in [0, 0.05) is 13.0 Å². The molecule has 2 rings (SSSR count). The van der Waals surface area contributed by atoms with Gasteiger partial charge in [0.05, 0.1) is 5.60 Å². The molecule has 106 valence electrons. The first-order chi connectivity index (χ1) is 9.18. The maximum absolute atomic E-state index is 11.8. The molecule has 19 heavy (non-hydrogen) atoms. The van der Waals surface area contributed by atoms with Crippen molar-refractivity contribution < 1.29 is 9.90 Å². The van der Waals surface area contributed by atoms with E-state index in [1.54, 1.807) is 11.3 Å². The molecular formula is C15H23NO2S. The Kier molecular flexibility index (Phi) is 5.40. The van der Waals surface area contributed by atoms with Gasteiger partial charge in [0.15, 0.2) is 0 Å². The second kappa shape index (κ2) is 7.06. The van der Waals surface area contributed by atoms with E-state index in [1.807, 2.05) is 5.38 Å². The Balaban J connectivity index is 1.70. The number of aryl methyl sites for hydroxylation is 1. The van der Waals surface area contributed by atoms with Gasteiger partial charge in [-0.15, -0.1) is 0 Å². The molecule has 0 bridgehead atoms. The molecule has 0 saturated heterocycles. The number of aliphatic hydroxyl groups is 1. The third-order valence-electron chi connectivity index (χ3n) is 3.87. The van der Waals surface area contributed by atoms with Crippen LogP contribution < -0.4 is 5.32 Å². The zero-order valence-electron chi connectivity index (χ0n) is 11.4. The van der Waals surface area contributed by atoms with Gasteiger partial charge in [-0.1, -0.05) is 25.7 Å². The quantitative estimate of drug-likeness (QED) is 0.815. The number of hydrogen-bond donors (Lipinski definition) is 2. The molecule has 1 fully saturated rings. The van der Waals surface area contributed by atoms with Crippen molar-refractivity contribution in [3.05, 3.63) is 22.4 Å². The average Bonchev–Trinajstić information content (AvgIpc) is 2.83. The molecule has 1 saturated carbocycles. The Hall–Kier alpha value is -0.870. The Morgan fingerprint density at radius 1 is 1.32 bits per heavy atom. The molecule has 3 nitrogen and oxygen atoms in total. The number of rotatable bonds is 5. The molecule has 4 heteroatoms. The summed E-state index contributed by atoms with van der Waals surface area (Å²) >= 11 is 1.66. The molecule has 0 spiro atoms. The van der Waals surface area contributed by atoms with Crippen molar-refractivity contribution in [2.75, 3.05) is 6.54 Å². The summed E-state index contributed by atoms with van der Waals surface area (Å²) in [6.07, 6.45) is 7.47. The van der Waals surface area contributed by atoms with E-state index >= 15 is 0 Å². The smallest absolute Gasteiger partial charge is 0.220 e. The van der Waals surface area contributed by atoms with Crippen LogP contribution in [0.3, 0.4) is 0 Å². The maximum atomic E-state index is 11.8. The Labute approximate surface area is 119 Å². The number of carbonyl (C=O) groups is 1. The number of carbonyl (C=O) groups excluding carboxylic acids is 1. The highest BCUT2D eigenvalue weighted by atomic mass is 32.1. The van der Waals surface area contributed by atoms with Gasteiger partial charge < -0.3 is 10.4 Å². The number of thiophene rings is 1. The number of nitrogens with one attached hydrogen (secondary N) is 1. The molecule has 1 aliphatic rings. The molecule has 1 aromatic heterocycles. The van der Waals surface area contributed by atoms with Crippen molar-refractivity contribution >= 4 is 17.2 Å². The minimum Gasteiger partial charge on any atom is -0.388 e. The molecule has 1 aliphatic carbocycles. The fraction of sp³-hybridized carbons (Fsp3) is 0.667. The van der Waals surface area contributed by atoms with E-state index in [2.05, 4.69) is 16.8 Å². The van der Waals surface area contributed by atoms with Crippen LogP contribution >= 0.6 is 11.3 Å². The Morgan fingerprint density at radius 2 is 2.05 bits per heavy atom. The van der Waals surface area contributed by atoms with Crippen LogP contribution in [0.15, 0.2) is 16.8 Å². The zero-order chi connectivity index (χ0) is 13.6. The largest absolute Gasteiger partial charge is 0.388 e. The fourth-order valence-electron chi connectivity index (χ4n) is 2.61. The fourth-order valence-corrected chi connectivity index (χ4v) is 3.31. The zero-order valence-corrected chi connectivity index (χ0v) is 12.2.